The molecule has 0 unspecified atom stereocenters. The third kappa shape index (κ3) is 8.26. The molecular weight excluding hydrogens is 284 g/mol. The highest BCUT2D eigenvalue weighted by Gasteiger charge is 2.10. The Morgan fingerprint density at radius 3 is 1.75 bits per heavy atom. The van der Waals surface area contributed by atoms with E-state index in [4.69, 9.17) is 0 Å². The Morgan fingerprint density at radius 2 is 1.35 bits per heavy atom. The molecule has 0 aliphatic carbocycles. The smallest absolute Gasteiger partial charge is 0.156 e. The highest BCUT2D eigenvalue weighted by Crippen LogP contribution is 2.03. The molecule has 0 aromatic carbocycles. The SMILES string of the molecule is CC(=O)CC(CC(C)=NN(C)[SiH](C)C)=NN(C)[SiH](C)C. The molecule has 0 bridgehead atoms. The van der Waals surface area contributed by atoms with Crippen LogP contribution < -0.4 is 0 Å². The average molecular weight is 315 g/mol. The first-order valence-electron chi connectivity index (χ1n) is 7.19. The van der Waals surface area contributed by atoms with Crippen LogP contribution in [-0.2, 0) is 4.79 Å². The third-order valence-electron chi connectivity index (χ3n) is 3.04. The van der Waals surface area contributed by atoms with Gasteiger partial charge < -0.3 is 9.35 Å². The molecular formula is C13H30N4OSi2. The van der Waals surface area contributed by atoms with Gasteiger partial charge in [0.05, 0.1) is 5.71 Å². The number of carbonyl (C=O) groups is 1. The van der Waals surface area contributed by atoms with Gasteiger partial charge in [0, 0.05) is 32.6 Å². The third-order valence-corrected chi connectivity index (χ3v) is 6.26. The predicted octanol–water partition coefficient (Wildman–Crippen LogP) is 1.92. The van der Waals surface area contributed by atoms with E-state index >= 15 is 0 Å². The van der Waals surface area contributed by atoms with Crippen LogP contribution in [0.3, 0.4) is 0 Å². The maximum Gasteiger partial charge on any atom is 0.156 e. The number of carbonyl (C=O) groups excluding carboxylic acids is 1. The zero-order valence-corrected chi connectivity index (χ0v) is 16.6. The highest BCUT2D eigenvalue weighted by atomic mass is 28.3. The first-order chi connectivity index (χ1) is 9.13. The quantitative estimate of drug-likeness (QED) is 0.391. The molecule has 116 valence electrons. The number of hydrogen-bond acceptors (Lipinski definition) is 5. The van der Waals surface area contributed by atoms with Crippen LogP contribution >= 0.6 is 0 Å². The minimum Gasteiger partial charge on any atom is -0.331 e. The van der Waals surface area contributed by atoms with Crippen molar-refractivity contribution in [2.45, 2.75) is 52.9 Å². The molecule has 0 saturated carbocycles. The fraction of sp³-hybridized carbons (Fsp3) is 0.769. The lowest BCUT2D eigenvalue weighted by molar-refractivity contribution is -0.115. The van der Waals surface area contributed by atoms with Crippen molar-refractivity contribution in [1.82, 2.24) is 9.35 Å². The van der Waals surface area contributed by atoms with E-state index in [1.807, 2.05) is 25.7 Å². The summed E-state index contributed by atoms with van der Waals surface area (Å²) in [6, 6.07) is 0. The topological polar surface area (TPSA) is 48.3 Å². The average Bonchev–Trinajstić information content (AvgIpc) is 2.26. The lowest BCUT2D eigenvalue weighted by atomic mass is 10.1. The second-order valence-corrected chi connectivity index (χ2v) is 11.8. The van der Waals surface area contributed by atoms with Crippen molar-refractivity contribution < 1.29 is 4.79 Å². The second-order valence-electron chi connectivity index (χ2n) is 5.89. The Balaban J connectivity index is 4.94. The van der Waals surface area contributed by atoms with Crippen LogP contribution in [0.15, 0.2) is 10.2 Å². The van der Waals surface area contributed by atoms with Gasteiger partial charge in [-0.1, -0.05) is 26.2 Å². The molecule has 0 aliphatic rings. The predicted molar refractivity (Wildman–Crippen MR) is 93.7 cm³/mol. The number of rotatable bonds is 8. The van der Waals surface area contributed by atoms with E-state index in [9.17, 15) is 4.79 Å². The Labute approximate surface area is 127 Å². The minimum atomic E-state index is -0.965. The Bertz CT molecular complexity index is 381. The summed E-state index contributed by atoms with van der Waals surface area (Å²) >= 11 is 0. The van der Waals surface area contributed by atoms with Crippen molar-refractivity contribution in [1.29, 1.82) is 0 Å². The second kappa shape index (κ2) is 9.07. The van der Waals surface area contributed by atoms with Crippen LogP contribution in [0.4, 0.5) is 0 Å². The summed E-state index contributed by atoms with van der Waals surface area (Å²) in [4.78, 5) is 11.4. The summed E-state index contributed by atoms with van der Waals surface area (Å²) in [7, 11) is 2.15. The fourth-order valence-electron chi connectivity index (χ4n) is 1.47. The van der Waals surface area contributed by atoms with Gasteiger partial charge in [0.15, 0.2) is 17.9 Å². The summed E-state index contributed by atoms with van der Waals surface area (Å²) in [5.41, 5.74) is 1.94. The Morgan fingerprint density at radius 1 is 0.900 bits per heavy atom. The monoisotopic (exact) mass is 314 g/mol. The summed E-state index contributed by atoms with van der Waals surface area (Å²) in [5, 5.41) is 9.20. The molecule has 20 heavy (non-hydrogen) atoms. The van der Waals surface area contributed by atoms with Crippen molar-refractivity contribution >= 4 is 35.1 Å². The normalized spacial score (nSPS) is 13.1. The lowest BCUT2D eigenvalue weighted by Gasteiger charge is -2.20. The zero-order valence-electron chi connectivity index (χ0n) is 14.3. The van der Waals surface area contributed by atoms with Gasteiger partial charge in [-0.15, -0.1) is 0 Å². The van der Waals surface area contributed by atoms with Crippen molar-refractivity contribution in [2.75, 3.05) is 14.1 Å². The van der Waals surface area contributed by atoms with Gasteiger partial charge in [-0.05, 0) is 13.8 Å². The first kappa shape index (κ1) is 19.0. The van der Waals surface area contributed by atoms with Crippen molar-refractivity contribution in [3.8, 4) is 0 Å². The molecule has 0 aromatic heterocycles. The Kier molecular flexibility index (Phi) is 8.63. The van der Waals surface area contributed by atoms with Gasteiger partial charge in [0.2, 0.25) is 0 Å². The van der Waals surface area contributed by atoms with Crippen LogP contribution in [0.5, 0.6) is 0 Å². The molecule has 0 aliphatic heterocycles. The summed E-state index contributed by atoms with van der Waals surface area (Å²) in [5.74, 6) is 0.155. The number of hydrogen-bond donors (Lipinski definition) is 0. The van der Waals surface area contributed by atoms with E-state index < -0.39 is 17.9 Å². The van der Waals surface area contributed by atoms with Gasteiger partial charge in [-0.25, -0.2) is 0 Å². The van der Waals surface area contributed by atoms with E-state index in [0.29, 0.717) is 12.8 Å². The maximum absolute atomic E-state index is 11.4. The minimum absolute atomic E-state index is 0.155. The molecule has 0 rings (SSSR count). The number of Topliss-reactive ketones (excluding diaryl/α,β-unsaturated/α-hetero) is 1. The maximum atomic E-state index is 11.4. The van der Waals surface area contributed by atoms with Gasteiger partial charge in [-0.2, -0.15) is 10.2 Å². The number of ketones is 1. The van der Waals surface area contributed by atoms with E-state index in [2.05, 4.69) is 41.1 Å². The standard InChI is InChI=1S/C13H30N4OSi2/c1-11(14-16(3)19(5)6)9-13(10-12(2)18)15-17(4)20(7)8/h19-20H,9-10H2,1-8H3. The Hall–Kier alpha value is -0.956. The van der Waals surface area contributed by atoms with Crippen molar-refractivity contribution in [3.63, 3.8) is 0 Å². The molecule has 0 heterocycles. The highest BCUT2D eigenvalue weighted by molar-refractivity contribution is 6.52. The van der Waals surface area contributed by atoms with E-state index in [1.165, 1.54) is 0 Å². The van der Waals surface area contributed by atoms with Gasteiger partial charge >= 0.3 is 0 Å². The number of hydrazone groups is 2. The van der Waals surface area contributed by atoms with Crippen LogP contribution in [0, 0.1) is 0 Å². The molecule has 0 atom stereocenters. The van der Waals surface area contributed by atoms with Crippen LogP contribution in [0.1, 0.15) is 26.7 Å². The largest absolute Gasteiger partial charge is 0.331 e. The summed E-state index contributed by atoms with van der Waals surface area (Å²) in [6.45, 7) is 12.5. The lowest BCUT2D eigenvalue weighted by Crippen LogP contribution is -2.28. The molecule has 0 amide bonds. The van der Waals surface area contributed by atoms with Crippen LogP contribution in [-0.4, -0.2) is 58.6 Å². The van der Waals surface area contributed by atoms with Crippen molar-refractivity contribution in [3.05, 3.63) is 0 Å². The fourth-order valence-corrected chi connectivity index (χ4v) is 2.30. The summed E-state index contributed by atoms with van der Waals surface area (Å²) in [6.07, 6.45) is 1.09. The molecule has 0 aromatic rings. The molecule has 0 N–H and O–H groups in total. The molecule has 0 radical (unpaired) electrons. The van der Waals surface area contributed by atoms with E-state index in [0.717, 1.165) is 11.4 Å². The van der Waals surface area contributed by atoms with Gasteiger partial charge in [-0.3, -0.25) is 4.79 Å². The van der Waals surface area contributed by atoms with E-state index in [1.54, 1.807) is 6.92 Å². The molecule has 7 heteroatoms. The zero-order chi connectivity index (χ0) is 15.9. The molecule has 0 fully saturated rings. The van der Waals surface area contributed by atoms with Crippen LogP contribution in [0.2, 0.25) is 26.2 Å². The molecule has 0 saturated heterocycles. The van der Waals surface area contributed by atoms with Crippen molar-refractivity contribution in [2.24, 2.45) is 10.2 Å². The first-order valence-corrected chi connectivity index (χ1v) is 12.8. The summed E-state index contributed by atoms with van der Waals surface area (Å²) < 4.78 is 4.11. The molecule has 5 nitrogen and oxygen atoms in total. The molecule has 0 spiro atoms. The van der Waals surface area contributed by atoms with Gasteiger partial charge in [0.1, 0.15) is 5.78 Å². The van der Waals surface area contributed by atoms with E-state index in [-0.39, 0.29) is 5.78 Å². The van der Waals surface area contributed by atoms with Crippen LogP contribution in [0.25, 0.3) is 0 Å². The van der Waals surface area contributed by atoms with Gasteiger partial charge in [0.25, 0.3) is 0 Å². The number of nitrogens with zero attached hydrogens (tertiary/aromatic N) is 4.